The highest BCUT2D eigenvalue weighted by Gasteiger charge is 2.25. The minimum absolute atomic E-state index is 0.303. The fourth-order valence-corrected chi connectivity index (χ4v) is 8.21. The van der Waals surface area contributed by atoms with E-state index in [1.807, 2.05) is 30.3 Å². The van der Waals surface area contributed by atoms with Crippen molar-refractivity contribution in [2.24, 2.45) is 9.98 Å². The molecule has 2 aromatic heterocycles. The van der Waals surface area contributed by atoms with Crippen LogP contribution < -0.4 is 5.32 Å². The van der Waals surface area contributed by atoms with Crippen molar-refractivity contribution in [1.82, 2.24) is 9.88 Å². The highest BCUT2D eigenvalue weighted by atomic mass is 16.3. The first-order valence-corrected chi connectivity index (χ1v) is 18.9. The summed E-state index contributed by atoms with van der Waals surface area (Å²) < 4.78 is 9.13. The number of nitrogens with zero attached hydrogens (tertiary/aromatic N) is 3. The summed E-state index contributed by atoms with van der Waals surface area (Å²) in [7, 11) is 0. The van der Waals surface area contributed by atoms with Gasteiger partial charge in [0.25, 0.3) is 0 Å². The zero-order chi connectivity index (χ0) is 37.0. The van der Waals surface area contributed by atoms with E-state index >= 15 is 0 Å². The van der Waals surface area contributed by atoms with Gasteiger partial charge in [0.2, 0.25) is 0 Å². The van der Waals surface area contributed by atoms with Gasteiger partial charge in [-0.15, -0.1) is 0 Å². The summed E-state index contributed by atoms with van der Waals surface area (Å²) in [4.78, 5) is 10.5. The van der Waals surface area contributed by atoms with Crippen LogP contribution in [0.3, 0.4) is 0 Å². The molecule has 0 radical (unpaired) electrons. The van der Waals surface area contributed by atoms with Gasteiger partial charge in [-0.2, -0.15) is 0 Å². The number of aromatic nitrogens is 1. The van der Waals surface area contributed by atoms with Gasteiger partial charge >= 0.3 is 0 Å². The fourth-order valence-electron chi connectivity index (χ4n) is 8.21. The molecule has 1 aliphatic rings. The Morgan fingerprint density at radius 2 is 1.09 bits per heavy atom. The molecule has 0 aliphatic carbocycles. The molecular weight excluding hydrogens is 685 g/mol. The second-order valence-corrected chi connectivity index (χ2v) is 14.2. The molecule has 5 nitrogen and oxygen atoms in total. The van der Waals surface area contributed by atoms with Crippen LogP contribution in [0.25, 0.3) is 71.7 Å². The molecule has 0 saturated carbocycles. The van der Waals surface area contributed by atoms with Crippen LogP contribution >= 0.6 is 0 Å². The maximum atomic E-state index is 6.77. The first-order chi connectivity index (χ1) is 27.8. The summed E-state index contributed by atoms with van der Waals surface area (Å²) in [6, 6.07) is 68.0. The summed E-state index contributed by atoms with van der Waals surface area (Å²) >= 11 is 0. The van der Waals surface area contributed by atoms with Gasteiger partial charge in [0.1, 0.15) is 17.6 Å². The lowest BCUT2D eigenvalue weighted by Gasteiger charge is -2.24. The molecule has 1 atom stereocenters. The summed E-state index contributed by atoms with van der Waals surface area (Å²) in [5.41, 5.74) is 12.5. The molecule has 1 N–H and O–H groups in total. The van der Waals surface area contributed by atoms with Crippen molar-refractivity contribution in [1.29, 1.82) is 0 Å². The number of hydrogen-bond acceptors (Lipinski definition) is 4. The summed E-state index contributed by atoms with van der Waals surface area (Å²) in [6.45, 7) is 0. The van der Waals surface area contributed by atoms with Crippen LogP contribution in [0.4, 0.5) is 0 Å². The van der Waals surface area contributed by atoms with Crippen molar-refractivity contribution >= 4 is 55.4 Å². The van der Waals surface area contributed by atoms with Gasteiger partial charge in [0.15, 0.2) is 11.4 Å². The second-order valence-electron chi connectivity index (χ2n) is 14.2. The molecule has 264 valence electrons. The standard InChI is InChI=1S/C51H34N4O/c1-4-15-33(16-5-1)34-27-29-35(30-28-34)38-31-42-39-21-11-13-26-46(39)56-48(42)45(32-38)55-43-24-12-10-22-40(43)47-41(23-14-25-44(47)55)51-53-49(36-17-6-2-7-18-36)52-50(54-51)37-19-8-3-9-20-37/h1-32,49H,(H,52,53,54). The monoisotopic (exact) mass is 718 g/mol. The lowest BCUT2D eigenvalue weighted by molar-refractivity contribution is 0.666. The van der Waals surface area contributed by atoms with Crippen molar-refractivity contribution in [3.05, 3.63) is 211 Å². The molecule has 0 bridgehead atoms. The third-order valence-corrected chi connectivity index (χ3v) is 10.9. The van der Waals surface area contributed by atoms with E-state index in [1.165, 1.54) is 11.1 Å². The summed E-state index contributed by atoms with van der Waals surface area (Å²) in [5.74, 6) is 1.48. The molecule has 1 unspecified atom stereocenters. The van der Waals surface area contributed by atoms with Crippen LogP contribution in [0.1, 0.15) is 22.9 Å². The SMILES string of the molecule is c1ccc(C2=NC(c3cccc4c3c3ccccc3n4-c3cc(-c4ccc(-c5ccccc5)cc4)cc4c3oc3ccccc34)=NC(c3ccccc3)N2)cc1. The van der Waals surface area contributed by atoms with E-state index < -0.39 is 0 Å². The Bertz CT molecular complexity index is 3140. The molecule has 56 heavy (non-hydrogen) atoms. The van der Waals surface area contributed by atoms with Crippen molar-refractivity contribution in [2.45, 2.75) is 6.17 Å². The molecule has 0 saturated heterocycles. The summed E-state index contributed by atoms with van der Waals surface area (Å²) in [6.07, 6.45) is -0.303. The number of aliphatic imine (C=N–C) groups is 2. The predicted octanol–water partition coefficient (Wildman–Crippen LogP) is 12.5. The maximum absolute atomic E-state index is 6.77. The van der Waals surface area contributed by atoms with E-state index in [0.29, 0.717) is 5.84 Å². The van der Waals surface area contributed by atoms with Crippen LogP contribution in [0.5, 0.6) is 0 Å². The molecule has 3 heterocycles. The van der Waals surface area contributed by atoms with E-state index in [4.69, 9.17) is 14.4 Å². The zero-order valence-corrected chi connectivity index (χ0v) is 30.3. The number of nitrogens with one attached hydrogen (secondary N) is 1. The third kappa shape index (κ3) is 5.32. The number of hydrogen-bond donors (Lipinski definition) is 1. The predicted molar refractivity (Wildman–Crippen MR) is 231 cm³/mol. The molecule has 0 amide bonds. The van der Waals surface area contributed by atoms with Gasteiger partial charge < -0.3 is 14.3 Å². The molecular formula is C51H34N4O. The van der Waals surface area contributed by atoms with Crippen molar-refractivity contribution in [3.8, 4) is 27.9 Å². The highest BCUT2D eigenvalue weighted by molar-refractivity contribution is 6.24. The minimum Gasteiger partial charge on any atom is -0.454 e. The van der Waals surface area contributed by atoms with Gasteiger partial charge in [-0.05, 0) is 58.1 Å². The largest absolute Gasteiger partial charge is 0.454 e. The molecule has 5 heteroatoms. The quantitative estimate of drug-likeness (QED) is 0.186. The molecule has 0 spiro atoms. The first-order valence-electron chi connectivity index (χ1n) is 18.9. The van der Waals surface area contributed by atoms with Crippen LogP contribution in [0.15, 0.2) is 209 Å². The molecule has 11 rings (SSSR count). The van der Waals surface area contributed by atoms with Crippen LogP contribution in [0, 0.1) is 0 Å². The fraction of sp³-hybridized carbons (Fsp3) is 0.0196. The van der Waals surface area contributed by atoms with Gasteiger partial charge in [-0.1, -0.05) is 164 Å². The lowest BCUT2D eigenvalue weighted by Crippen LogP contribution is -2.33. The smallest absolute Gasteiger partial charge is 0.160 e. The Morgan fingerprint density at radius 3 is 1.86 bits per heavy atom. The highest BCUT2D eigenvalue weighted by Crippen LogP contribution is 2.42. The number of furan rings is 1. The van der Waals surface area contributed by atoms with Crippen molar-refractivity contribution < 1.29 is 4.42 Å². The van der Waals surface area contributed by atoms with E-state index in [1.54, 1.807) is 0 Å². The Hall–Kier alpha value is -7.50. The van der Waals surface area contributed by atoms with E-state index in [0.717, 1.165) is 83.1 Å². The average molecular weight is 719 g/mol. The van der Waals surface area contributed by atoms with Gasteiger partial charge in [0, 0.05) is 32.7 Å². The molecule has 10 aromatic rings. The van der Waals surface area contributed by atoms with E-state index in [-0.39, 0.29) is 6.17 Å². The van der Waals surface area contributed by atoms with Gasteiger partial charge in [0.05, 0.1) is 16.7 Å². The molecule has 1 aliphatic heterocycles. The Labute approximate surface area is 323 Å². The topological polar surface area (TPSA) is 54.8 Å². The maximum Gasteiger partial charge on any atom is 0.160 e. The lowest BCUT2D eigenvalue weighted by atomic mass is 9.98. The first kappa shape index (κ1) is 32.0. The molecule has 0 fully saturated rings. The summed E-state index contributed by atoms with van der Waals surface area (Å²) in [5, 5.41) is 7.99. The van der Waals surface area contributed by atoms with Gasteiger partial charge in [-0.25, -0.2) is 9.98 Å². The molecule has 8 aromatic carbocycles. The normalized spacial score (nSPS) is 14.2. The number of benzene rings is 8. The van der Waals surface area contributed by atoms with Gasteiger partial charge in [-0.3, -0.25) is 0 Å². The second kappa shape index (κ2) is 13.1. The number of fused-ring (bicyclic) bond motifs is 6. The van der Waals surface area contributed by atoms with Crippen molar-refractivity contribution in [2.75, 3.05) is 0 Å². The van der Waals surface area contributed by atoms with Crippen molar-refractivity contribution in [3.63, 3.8) is 0 Å². The Morgan fingerprint density at radius 1 is 0.482 bits per heavy atom. The average Bonchev–Trinajstić information content (AvgIpc) is 3.83. The van der Waals surface area contributed by atoms with E-state index in [9.17, 15) is 0 Å². The van der Waals surface area contributed by atoms with Crippen LogP contribution in [-0.2, 0) is 0 Å². The minimum atomic E-state index is -0.303. The number of amidine groups is 2. The third-order valence-electron chi connectivity index (χ3n) is 10.9. The Kier molecular flexibility index (Phi) is 7.49. The van der Waals surface area contributed by atoms with Crippen LogP contribution in [-0.4, -0.2) is 16.2 Å². The van der Waals surface area contributed by atoms with E-state index in [2.05, 4.69) is 174 Å². The number of para-hydroxylation sites is 2. The Balaban J connectivity index is 1.15. The van der Waals surface area contributed by atoms with Crippen LogP contribution in [0.2, 0.25) is 0 Å². The zero-order valence-electron chi connectivity index (χ0n) is 30.3. The number of rotatable bonds is 6.